The minimum atomic E-state index is 0.382. The Morgan fingerprint density at radius 1 is 1.33 bits per heavy atom. The molecule has 2 heteroatoms. The summed E-state index contributed by atoms with van der Waals surface area (Å²) in [7, 11) is 0. The minimum absolute atomic E-state index is 0.382. The largest absolute Gasteiger partial charge is 0.303 e. The van der Waals surface area contributed by atoms with E-state index < -0.39 is 0 Å². The van der Waals surface area contributed by atoms with Gasteiger partial charge in [-0.15, -0.1) is 0 Å². The molecule has 1 aliphatic carbocycles. The maximum Gasteiger partial charge on any atom is 0.0744 e. The second kappa shape index (κ2) is 2.58. The fourth-order valence-electron chi connectivity index (χ4n) is 0.833. The molecule has 1 aliphatic rings. The normalized spacial score (nSPS) is 20.0. The van der Waals surface area contributed by atoms with Gasteiger partial charge >= 0.3 is 0 Å². The molecule has 0 aromatic heterocycles. The van der Waals surface area contributed by atoms with Gasteiger partial charge in [0, 0.05) is 0 Å². The van der Waals surface area contributed by atoms with Crippen molar-refractivity contribution in [3.63, 3.8) is 0 Å². The summed E-state index contributed by atoms with van der Waals surface area (Å²) in [6.45, 7) is 0. The molecular weight excluding hydrogens is 112 g/mol. The molecule has 2 nitrogen and oxygen atoms in total. The van der Waals surface area contributed by atoms with Crippen molar-refractivity contribution in [2.75, 3.05) is 0 Å². The Kier molecular flexibility index (Phi) is 1.78. The molecule has 0 unspecified atom stereocenters. The highest BCUT2D eigenvalue weighted by molar-refractivity contribution is 6.44. The monoisotopic (exact) mass is 122 g/mol. The van der Waals surface area contributed by atoms with E-state index >= 15 is 0 Å². The molecule has 0 saturated carbocycles. The van der Waals surface area contributed by atoms with Crippen LogP contribution in [0.15, 0.2) is 12.2 Å². The van der Waals surface area contributed by atoms with Crippen molar-refractivity contribution in [3.05, 3.63) is 12.2 Å². The predicted octanol–water partition coefficient (Wildman–Crippen LogP) is 1.77. The molecule has 0 saturated heterocycles. The maximum atomic E-state index is 7.26. The summed E-state index contributed by atoms with van der Waals surface area (Å²) in [6, 6.07) is 0. The first-order valence-corrected chi connectivity index (χ1v) is 3.13. The van der Waals surface area contributed by atoms with E-state index in [0.29, 0.717) is 11.4 Å². The lowest BCUT2D eigenvalue weighted by Gasteiger charge is -1.93. The Labute approximate surface area is 54.6 Å². The molecule has 0 atom stereocenters. The summed E-state index contributed by atoms with van der Waals surface area (Å²) in [5.74, 6) is 0. The molecule has 0 heterocycles. The summed E-state index contributed by atoms with van der Waals surface area (Å²) in [6.07, 6.45) is 6.49. The Bertz CT molecular complexity index is 168. The molecule has 0 fully saturated rings. The third-order valence-electron chi connectivity index (χ3n) is 1.41. The van der Waals surface area contributed by atoms with Crippen LogP contribution >= 0.6 is 0 Å². The Hall–Kier alpha value is -0.920. The van der Waals surface area contributed by atoms with Crippen molar-refractivity contribution < 1.29 is 0 Å². The lowest BCUT2D eigenvalue weighted by Crippen LogP contribution is -2.06. The van der Waals surface area contributed by atoms with Gasteiger partial charge in [0.05, 0.1) is 11.4 Å². The van der Waals surface area contributed by atoms with E-state index in [-0.39, 0.29) is 0 Å². The van der Waals surface area contributed by atoms with Gasteiger partial charge in [0.15, 0.2) is 0 Å². The number of rotatable bonds is 0. The van der Waals surface area contributed by atoms with Crippen LogP contribution in [0.1, 0.15) is 19.3 Å². The first-order chi connectivity index (χ1) is 4.30. The van der Waals surface area contributed by atoms with Crippen LogP contribution in [0.4, 0.5) is 0 Å². The summed E-state index contributed by atoms with van der Waals surface area (Å²) >= 11 is 0. The van der Waals surface area contributed by atoms with Crippen LogP contribution in [0.2, 0.25) is 0 Å². The van der Waals surface area contributed by atoms with Crippen molar-refractivity contribution in [1.82, 2.24) is 0 Å². The molecule has 0 radical (unpaired) electrons. The molecule has 0 bridgehead atoms. The molecule has 0 aromatic carbocycles. The quantitative estimate of drug-likeness (QED) is 0.492. The van der Waals surface area contributed by atoms with Gasteiger partial charge in [-0.1, -0.05) is 6.08 Å². The highest BCUT2D eigenvalue weighted by Crippen LogP contribution is 2.04. The zero-order valence-corrected chi connectivity index (χ0v) is 5.28. The van der Waals surface area contributed by atoms with E-state index in [1.54, 1.807) is 6.08 Å². The second-order valence-corrected chi connectivity index (χ2v) is 2.19. The van der Waals surface area contributed by atoms with Gasteiger partial charge < -0.3 is 5.41 Å². The van der Waals surface area contributed by atoms with Crippen LogP contribution in [-0.4, -0.2) is 11.4 Å². The van der Waals surface area contributed by atoms with E-state index in [1.807, 2.05) is 6.08 Å². The highest BCUT2D eigenvalue weighted by atomic mass is 14.5. The summed E-state index contributed by atoms with van der Waals surface area (Å²) < 4.78 is 0. The van der Waals surface area contributed by atoms with Gasteiger partial charge in [-0.25, -0.2) is 0 Å². The number of nitrogens with one attached hydrogen (secondary N) is 2. The van der Waals surface area contributed by atoms with Crippen molar-refractivity contribution >= 4 is 11.4 Å². The van der Waals surface area contributed by atoms with Crippen LogP contribution in [0.5, 0.6) is 0 Å². The highest BCUT2D eigenvalue weighted by Gasteiger charge is 2.03. The van der Waals surface area contributed by atoms with Crippen LogP contribution < -0.4 is 0 Å². The molecule has 1 rings (SSSR count). The lowest BCUT2D eigenvalue weighted by molar-refractivity contribution is 0.900. The summed E-state index contributed by atoms with van der Waals surface area (Å²) in [5.41, 5.74) is 0.858. The summed E-state index contributed by atoms with van der Waals surface area (Å²) in [4.78, 5) is 0. The topological polar surface area (TPSA) is 47.7 Å². The van der Waals surface area contributed by atoms with Crippen molar-refractivity contribution in [2.24, 2.45) is 0 Å². The van der Waals surface area contributed by atoms with E-state index in [4.69, 9.17) is 10.8 Å². The standard InChI is InChI=1S/C7H10N2/c8-6-4-2-1-3-5-7(6)9/h2,4,8-9H,1,3,5H2. The Balaban J connectivity index is 2.68. The smallest absolute Gasteiger partial charge is 0.0744 e. The van der Waals surface area contributed by atoms with Crippen LogP contribution in [-0.2, 0) is 0 Å². The Morgan fingerprint density at radius 2 is 2.11 bits per heavy atom. The van der Waals surface area contributed by atoms with Gasteiger partial charge in [0.1, 0.15) is 0 Å². The number of hydrogen-bond acceptors (Lipinski definition) is 2. The molecule has 9 heavy (non-hydrogen) atoms. The zero-order valence-electron chi connectivity index (χ0n) is 5.28. The number of hydrogen-bond donors (Lipinski definition) is 2. The molecule has 0 spiro atoms. The summed E-state index contributed by atoms with van der Waals surface area (Å²) in [5, 5.41) is 14.5. The molecule has 2 N–H and O–H groups in total. The average molecular weight is 122 g/mol. The first kappa shape index (κ1) is 6.20. The fourth-order valence-corrected chi connectivity index (χ4v) is 0.833. The number of allylic oxidation sites excluding steroid dienone is 2. The third-order valence-corrected chi connectivity index (χ3v) is 1.41. The van der Waals surface area contributed by atoms with Crippen LogP contribution in [0.25, 0.3) is 0 Å². The van der Waals surface area contributed by atoms with Crippen LogP contribution in [0.3, 0.4) is 0 Å². The molecular formula is C7H10N2. The second-order valence-electron chi connectivity index (χ2n) is 2.19. The van der Waals surface area contributed by atoms with Gasteiger partial charge in [0.2, 0.25) is 0 Å². The van der Waals surface area contributed by atoms with E-state index in [9.17, 15) is 0 Å². The van der Waals surface area contributed by atoms with Crippen LogP contribution in [0, 0.1) is 10.8 Å². The van der Waals surface area contributed by atoms with Crippen molar-refractivity contribution in [1.29, 1.82) is 10.8 Å². The fraction of sp³-hybridized carbons (Fsp3) is 0.429. The maximum absolute atomic E-state index is 7.26. The Morgan fingerprint density at radius 3 is 2.89 bits per heavy atom. The van der Waals surface area contributed by atoms with Gasteiger partial charge in [-0.05, 0) is 25.3 Å². The van der Waals surface area contributed by atoms with Gasteiger partial charge in [-0.3, -0.25) is 5.41 Å². The van der Waals surface area contributed by atoms with Gasteiger partial charge in [0.25, 0.3) is 0 Å². The zero-order chi connectivity index (χ0) is 6.69. The van der Waals surface area contributed by atoms with Crippen molar-refractivity contribution in [2.45, 2.75) is 19.3 Å². The third kappa shape index (κ3) is 1.49. The van der Waals surface area contributed by atoms with Gasteiger partial charge in [-0.2, -0.15) is 0 Å². The first-order valence-electron chi connectivity index (χ1n) is 3.13. The van der Waals surface area contributed by atoms with E-state index in [2.05, 4.69) is 0 Å². The molecule has 0 aromatic rings. The lowest BCUT2D eigenvalue weighted by atomic mass is 10.1. The SMILES string of the molecule is N=C1C=CCCCC1=N. The van der Waals surface area contributed by atoms with Crippen molar-refractivity contribution in [3.8, 4) is 0 Å². The average Bonchev–Trinajstić information content (AvgIpc) is 1.99. The molecule has 0 amide bonds. The minimum Gasteiger partial charge on any atom is -0.303 e. The predicted molar refractivity (Wildman–Crippen MR) is 38.4 cm³/mol. The van der Waals surface area contributed by atoms with E-state index in [0.717, 1.165) is 19.3 Å². The molecule has 0 aliphatic heterocycles. The van der Waals surface area contributed by atoms with E-state index in [1.165, 1.54) is 0 Å². The molecule has 48 valence electrons.